The van der Waals surface area contributed by atoms with Gasteiger partial charge in [0.25, 0.3) is 0 Å². The number of hydrogen-bond donors (Lipinski definition) is 2. The number of nitrogens with zero attached hydrogens (tertiary/aromatic N) is 1. The fourth-order valence-corrected chi connectivity index (χ4v) is 5.74. The molecule has 1 aromatic carbocycles. The number of carbonyl (C=O) groups excluding carboxylic acids is 2. The molecule has 2 bridgehead atoms. The van der Waals surface area contributed by atoms with Gasteiger partial charge in [0, 0.05) is 36.8 Å². The van der Waals surface area contributed by atoms with Crippen molar-refractivity contribution < 1.29 is 34.0 Å². The number of carbonyl (C=O) groups is 2. The Balaban J connectivity index is 0.000000344. The van der Waals surface area contributed by atoms with Gasteiger partial charge in [-0.2, -0.15) is 0 Å². The third-order valence-corrected chi connectivity index (χ3v) is 7.55. The van der Waals surface area contributed by atoms with E-state index < -0.39 is 16.2 Å². The van der Waals surface area contributed by atoms with Crippen molar-refractivity contribution in [2.45, 2.75) is 60.4 Å². The first kappa shape index (κ1) is 25.5. The molecule has 0 radical (unpaired) electrons. The van der Waals surface area contributed by atoms with E-state index in [1.54, 1.807) is 0 Å². The van der Waals surface area contributed by atoms with Crippen LogP contribution in [-0.2, 0) is 26.2 Å². The van der Waals surface area contributed by atoms with Crippen molar-refractivity contribution in [3.8, 4) is 11.5 Å². The molecule has 8 nitrogen and oxygen atoms in total. The van der Waals surface area contributed by atoms with Gasteiger partial charge in [-0.25, -0.2) is 0 Å². The number of ether oxygens (including phenoxy) is 3. The van der Waals surface area contributed by atoms with Crippen LogP contribution in [0.5, 0.6) is 11.5 Å². The van der Waals surface area contributed by atoms with Gasteiger partial charge in [0.05, 0.1) is 0 Å². The molecule has 4 aliphatic rings. The van der Waals surface area contributed by atoms with Crippen LogP contribution in [0.2, 0.25) is 0 Å². The number of aliphatic hydroxyl groups excluding tert-OH is 1. The SMILES string of the molecule is CC(=O)Oc1ccc2c3c1O[C@H]1[C@@H](OC(C)=O)C=C[C@H]4[C@@H](C2)N(C)CC[C@@]341.OC(O)C(Cl)(Cl)Cl. The predicted molar refractivity (Wildman–Crippen MR) is 125 cm³/mol. The molecule has 5 rings (SSSR count). The maximum absolute atomic E-state index is 11.7. The van der Waals surface area contributed by atoms with E-state index in [0.29, 0.717) is 17.5 Å². The molecule has 2 heterocycles. The second-order valence-electron chi connectivity index (χ2n) is 9.00. The average Bonchev–Trinajstić information content (AvgIpc) is 3.07. The molecule has 1 saturated heterocycles. The molecule has 0 amide bonds. The molecule has 186 valence electrons. The highest BCUT2D eigenvalue weighted by molar-refractivity contribution is 6.67. The first-order valence-electron chi connectivity index (χ1n) is 10.9. The van der Waals surface area contributed by atoms with Crippen LogP contribution in [0.1, 0.15) is 31.4 Å². The monoisotopic (exact) mass is 533 g/mol. The Morgan fingerprint density at radius 1 is 1.21 bits per heavy atom. The minimum atomic E-state index is -1.97. The minimum absolute atomic E-state index is 0.245. The van der Waals surface area contributed by atoms with E-state index >= 15 is 0 Å². The molecule has 2 aliphatic heterocycles. The molecule has 0 saturated carbocycles. The Hall–Kier alpha value is -1.55. The second kappa shape index (κ2) is 9.15. The number of esters is 2. The van der Waals surface area contributed by atoms with Crippen molar-refractivity contribution in [3.05, 3.63) is 35.4 Å². The average molecular weight is 535 g/mol. The molecular formula is C23H26Cl3NO7. The predicted octanol–water partition coefficient (Wildman–Crippen LogP) is 2.66. The van der Waals surface area contributed by atoms with E-state index in [-0.39, 0.29) is 29.4 Å². The molecule has 0 unspecified atom stereocenters. The molecule has 2 N–H and O–H groups in total. The van der Waals surface area contributed by atoms with Crippen molar-refractivity contribution in [1.29, 1.82) is 0 Å². The van der Waals surface area contributed by atoms with Gasteiger partial charge in [-0.3, -0.25) is 9.59 Å². The lowest BCUT2D eigenvalue weighted by Gasteiger charge is -2.56. The summed E-state index contributed by atoms with van der Waals surface area (Å²) in [6.07, 6.45) is 3.40. The summed E-state index contributed by atoms with van der Waals surface area (Å²) in [4.78, 5) is 25.7. The van der Waals surface area contributed by atoms with E-state index in [0.717, 1.165) is 24.9 Å². The molecule has 0 aromatic heterocycles. The smallest absolute Gasteiger partial charge is 0.308 e. The number of alkyl halides is 3. The van der Waals surface area contributed by atoms with Gasteiger partial charge in [0.2, 0.25) is 3.79 Å². The van der Waals surface area contributed by atoms with E-state index in [9.17, 15) is 9.59 Å². The topological polar surface area (TPSA) is 106 Å². The van der Waals surface area contributed by atoms with Gasteiger partial charge in [-0.1, -0.05) is 46.9 Å². The molecular weight excluding hydrogens is 509 g/mol. The number of halogens is 3. The second-order valence-corrected chi connectivity index (χ2v) is 11.4. The van der Waals surface area contributed by atoms with Crippen LogP contribution >= 0.6 is 34.8 Å². The van der Waals surface area contributed by atoms with Gasteiger partial charge in [-0.05, 0) is 44.1 Å². The molecule has 1 spiro atoms. The molecule has 34 heavy (non-hydrogen) atoms. The quantitative estimate of drug-likeness (QED) is 0.196. The summed E-state index contributed by atoms with van der Waals surface area (Å²) in [7, 11) is 2.17. The summed E-state index contributed by atoms with van der Waals surface area (Å²) in [5.41, 5.74) is 2.15. The fourth-order valence-electron chi connectivity index (χ4n) is 5.74. The van der Waals surface area contributed by atoms with Gasteiger partial charge in [-0.15, -0.1) is 0 Å². The van der Waals surface area contributed by atoms with E-state index in [1.165, 1.54) is 19.4 Å². The van der Waals surface area contributed by atoms with Crippen molar-refractivity contribution >= 4 is 46.7 Å². The zero-order chi connectivity index (χ0) is 25.0. The minimum Gasteiger partial charge on any atom is -0.481 e. The Morgan fingerprint density at radius 3 is 2.47 bits per heavy atom. The number of benzene rings is 1. The van der Waals surface area contributed by atoms with Gasteiger partial charge < -0.3 is 29.3 Å². The van der Waals surface area contributed by atoms with E-state index in [2.05, 4.69) is 24.1 Å². The zero-order valence-corrected chi connectivity index (χ0v) is 21.1. The third-order valence-electron chi connectivity index (χ3n) is 6.96. The van der Waals surface area contributed by atoms with Gasteiger partial charge in [0.15, 0.2) is 23.9 Å². The largest absolute Gasteiger partial charge is 0.481 e. The Morgan fingerprint density at radius 2 is 1.88 bits per heavy atom. The van der Waals surface area contributed by atoms with Crippen molar-refractivity contribution in [1.82, 2.24) is 4.90 Å². The Labute approximate surface area is 212 Å². The van der Waals surface area contributed by atoms with Crippen molar-refractivity contribution in [2.75, 3.05) is 13.6 Å². The molecule has 1 aromatic rings. The fraction of sp³-hybridized carbons (Fsp3) is 0.565. The van der Waals surface area contributed by atoms with Crippen molar-refractivity contribution in [3.63, 3.8) is 0 Å². The third kappa shape index (κ3) is 4.29. The zero-order valence-electron chi connectivity index (χ0n) is 18.8. The van der Waals surface area contributed by atoms with Crippen LogP contribution in [0.3, 0.4) is 0 Å². The summed E-state index contributed by atoms with van der Waals surface area (Å²) in [6.45, 7) is 3.77. The van der Waals surface area contributed by atoms with Crippen LogP contribution in [0.4, 0.5) is 0 Å². The molecule has 11 heteroatoms. The Bertz CT molecular complexity index is 1020. The normalized spacial score (nSPS) is 30.6. The van der Waals surface area contributed by atoms with Gasteiger partial charge >= 0.3 is 11.9 Å². The van der Waals surface area contributed by atoms with E-state index in [4.69, 9.17) is 59.2 Å². The molecule has 1 fully saturated rings. The number of likely N-dealkylation sites (N-methyl/N-ethyl adjacent to an activating group) is 1. The lowest BCUT2D eigenvalue weighted by atomic mass is 9.53. The van der Waals surface area contributed by atoms with Gasteiger partial charge in [0.1, 0.15) is 6.10 Å². The lowest BCUT2D eigenvalue weighted by molar-refractivity contribution is -0.152. The number of likely N-dealkylation sites (tertiary alicyclic amines) is 1. The number of aliphatic hydroxyl groups is 2. The Kier molecular flexibility index (Phi) is 6.87. The number of hydrogen-bond acceptors (Lipinski definition) is 8. The summed E-state index contributed by atoms with van der Waals surface area (Å²) in [5.74, 6) is 0.712. The van der Waals surface area contributed by atoms with Crippen LogP contribution in [0.15, 0.2) is 24.3 Å². The highest BCUT2D eigenvalue weighted by atomic mass is 35.6. The first-order valence-corrected chi connectivity index (χ1v) is 12.0. The summed E-state index contributed by atoms with van der Waals surface area (Å²) in [5, 5.41) is 16.1. The first-order chi connectivity index (χ1) is 15.9. The van der Waals surface area contributed by atoms with Crippen LogP contribution in [0, 0.1) is 5.92 Å². The summed E-state index contributed by atoms with van der Waals surface area (Å²) < 4.78 is 15.5. The molecule has 5 atom stereocenters. The highest BCUT2D eigenvalue weighted by Gasteiger charge is 2.65. The maximum atomic E-state index is 11.7. The molecule has 2 aliphatic carbocycles. The van der Waals surface area contributed by atoms with E-state index in [1.807, 2.05) is 12.1 Å². The van der Waals surface area contributed by atoms with Crippen LogP contribution in [0.25, 0.3) is 0 Å². The van der Waals surface area contributed by atoms with Crippen LogP contribution < -0.4 is 9.47 Å². The summed E-state index contributed by atoms with van der Waals surface area (Å²) in [6, 6.07) is 4.28. The maximum Gasteiger partial charge on any atom is 0.308 e. The van der Waals surface area contributed by atoms with Crippen molar-refractivity contribution in [2.24, 2.45) is 5.92 Å². The lowest BCUT2D eigenvalue weighted by Crippen LogP contribution is -2.65. The number of rotatable bonds is 2. The van der Waals surface area contributed by atoms with Crippen LogP contribution in [-0.4, -0.2) is 69.0 Å². The number of piperidine rings is 1. The highest BCUT2D eigenvalue weighted by Crippen LogP contribution is 2.62. The summed E-state index contributed by atoms with van der Waals surface area (Å²) >= 11 is 14.7. The standard InChI is InChI=1S/C21H23NO5.C2H3Cl3O2/c1-11(23)25-16-6-4-13-10-15-14-5-7-17(26-12(2)24)20-21(14,8-9-22(15)3)18(13)19(16)27-20;3-2(4,5)1(6)7/h4-7,14-15,17,20H,8-10H2,1-3H3;1,6-7H/t14-,15+,17-,20-,21-;/m0./s1.